The van der Waals surface area contributed by atoms with Crippen LogP contribution in [0.15, 0.2) is 42.5 Å². The third kappa shape index (κ3) is 2.02. The molecule has 5 heteroatoms. The predicted octanol–water partition coefficient (Wildman–Crippen LogP) is 5.12. The molecular formula is C21H17ClO4. The minimum atomic E-state index is -0.194. The van der Waals surface area contributed by atoms with Crippen LogP contribution in [0, 0.1) is 0 Å². The van der Waals surface area contributed by atoms with Crippen molar-refractivity contribution >= 4 is 22.4 Å². The van der Waals surface area contributed by atoms with E-state index in [2.05, 4.69) is 0 Å². The Morgan fingerprint density at radius 2 is 1.73 bits per heavy atom. The first-order valence-corrected chi connectivity index (χ1v) is 8.86. The lowest BCUT2D eigenvalue weighted by Crippen LogP contribution is -2.24. The fraction of sp³-hybridized carbons (Fsp3) is 0.238. The van der Waals surface area contributed by atoms with Crippen molar-refractivity contribution in [3.8, 4) is 23.0 Å². The normalized spacial score (nSPS) is 19.8. The fourth-order valence-corrected chi connectivity index (χ4v) is 4.29. The van der Waals surface area contributed by atoms with Gasteiger partial charge in [-0.1, -0.05) is 35.9 Å². The molecular weight excluding hydrogens is 352 g/mol. The van der Waals surface area contributed by atoms with Crippen LogP contribution in [-0.4, -0.2) is 20.8 Å². The molecule has 5 rings (SSSR count). The zero-order chi connectivity index (χ0) is 17.8. The summed E-state index contributed by atoms with van der Waals surface area (Å²) >= 11 is 6.20. The summed E-state index contributed by atoms with van der Waals surface area (Å²) < 4.78 is 24.0. The largest absolute Gasteiger partial charge is 0.496 e. The lowest BCUT2D eigenvalue weighted by molar-refractivity contribution is 0.133. The Hall–Kier alpha value is -2.59. The molecule has 0 saturated heterocycles. The predicted molar refractivity (Wildman–Crippen MR) is 100 cm³/mol. The van der Waals surface area contributed by atoms with Crippen LogP contribution in [0.1, 0.15) is 23.1 Å². The molecule has 0 aliphatic carbocycles. The van der Waals surface area contributed by atoms with Gasteiger partial charge in [0.25, 0.3) is 0 Å². The van der Waals surface area contributed by atoms with Crippen LogP contribution in [0.2, 0.25) is 5.02 Å². The van der Waals surface area contributed by atoms with E-state index in [0.717, 1.165) is 33.4 Å². The summed E-state index contributed by atoms with van der Waals surface area (Å²) in [5.41, 5.74) is 1.97. The Morgan fingerprint density at radius 1 is 1.00 bits per heavy atom. The molecule has 0 spiro atoms. The van der Waals surface area contributed by atoms with E-state index in [9.17, 15) is 0 Å². The van der Waals surface area contributed by atoms with Gasteiger partial charge in [0.2, 0.25) is 0 Å². The minimum Gasteiger partial charge on any atom is -0.496 e. The van der Waals surface area contributed by atoms with Gasteiger partial charge in [-0.25, -0.2) is 0 Å². The van der Waals surface area contributed by atoms with Crippen LogP contribution in [0.5, 0.6) is 23.0 Å². The third-order valence-electron chi connectivity index (χ3n) is 5.20. The van der Waals surface area contributed by atoms with E-state index in [-0.39, 0.29) is 12.0 Å². The second-order valence-corrected chi connectivity index (χ2v) is 6.93. The van der Waals surface area contributed by atoms with Crippen molar-refractivity contribution in [2.45, 2.75) is 12.0 Å². The molecule has 3 aromatic rings. The van der Waals surface area contributed by atoms with Crippen LogP contribution in [0.25, 0.3) is 10.8 Å². The maximum absolute atomic E-state index is 6.31. The standard InChI is InChI=1S/C21H17ClO4/c1-23-18-12-5-3-4-6-13(12)20(24-2)21-17(18)19-15(10-25-21)14-9-11(22)7-8-16(14)26-19/h3-9,15,19H,10H2,1-2H3/t15-,19+/m0/s1. The SMILES string of the molecule is COc1c2c(c(OC)c3ccccc13)[C@@H]1Oc3ccc(Cl)cc3[C@@H]1CO2. The number of rotatable bonds is 2. The van der Waals surface area contributed by atoms with Gasteiger partial charge in [0.15, 0.2) is 11.5 Å². The molecule has 132 valence electrons. The number of hydrogen-bond acceptors (Lipinski definition) is 4. The molecule has 3 aromatic carbocycles. The molecule has 2 atom stereocenters. The molecule has 0 N–H and O–H groups in total. The van der Waals surface area contributed by atoms with E-state index >= 15 is 0 Å². The average Bonchev–Trinajstić information content (AvgIpc) is 3.04. The Balaban J connectivity index is 1.78. The van der Waals surface area contributed by atoms with Crippen molar-refractivity contribution in [2.75, 3.05) is 20.8 Å². The van der Waals surface area contributed by atoms with E-state index in [0.29, 0.717) is 23.1 Å². The van der Waals surface area contributed by atoms with Gasteiger partial charge in [-0.05, 0) is 18.2 Å². The van der Waals surface area contributed by atoms with Crippen LogP contribution in [0.4, 0.5) is 0 Å². The van der Waals surface area contributed by atoms with Crippen molar-refractivity contribution in [1.29, 1.82) is 0 Å². The van der Waals surface area contributed by atoms with E-state index in [1.807, 2.05) is 42.5 Å². The highest BCUT2D eigenvalue weighted by atomic mass is 35.5. The topological polar surface area (TPSA) is 36.9 Å². The summed E-state index contributed by atoms with van der Waals surface area (Å²) in [6.07, 6.45) is -0.194. The Bertz CT molecular complexity index is 1030. The Morgan fingerprint density at radius 3 is 2.46 bits per heavy atom. The first-order chi connectivity index (χ1) is 12.7. The second kappa shape index (κ2) is 5.71. The van der Waals surface area contributed by atoms with Crippen molar-refractivity contribution in [1.82, 2.24) is 0 Å². The second-order valence-electron chi connectivity index (χ2n) is 6.49. The zero-order valence-corrected chi connectivity index (χ0v) is 15.2. The molecule has 0 unspecified atom stereocenters. The highest BCUT2D eigenvalue weighted by Gasteiger charge is 2.44. The zero-order valence-electron chi connectivity index (χ0n) is 14.4. The maximum atomic E-state index is 6.31. The quantitative estimate of drug-likeness (QED) is 0.629. The van der Waals surface area contributed by atoms with Gasteiger partial charge in [-0.15, -0.1) is 0 Å². The van der Waals surface area contributed by atoms with Crippen molar-refractivity contribution in [3.63, 3.8) is 0 Å². The van der Waals surface area contributed by atoms with Gasteiger partial charge >= 0.3 is 0 Å². The molecule has 2 aliphatic rings. The lowest BCUT2D eigenvalue weighted by atomic mass is 9.87. The summed E-state index contributed by atoms with van der Waals surface area (Å²) in [4.78, 5) is 0. The smallest absolute Gasteiger partial charge is 0.172 e. The van der Waals surface area contributed by atoms with Gasteiger partial charge in [0, 0.05) is 21.4 Å². The van der Waals surface area contributed by atoms with Gasteiger partial charge in [0.1, 0.15) is 17.6 Å². The fourth-order valence-electron chi connectivity index (χ4n) is 4.11. The molecule has 0 fully saturated rings. The van der Waals surface area contributed by atoms with E-state index in [4.69, 9.17) is 30.5 Å². The number of ether oxygens (including phenoxy) is 4. The van der Waals surface area contributed by atoms with Crippen molar-refractivity contribution in [3.05, 3.63) is 58.6 Å². The first kappa shape index (κ1) is 15.6. The van der Waals surface area contributed by atoms with Gasteiger partial charge < -0.3 is 18.9 Å². The van der Waals surface area contributed by atoms with Gasteiger partial charge in [-0.2, -0.15) is 0 Å². The third-order valence-corrected chi connectivity index (χ3v) is 5.44. The summed E-state index contributed by atoms with van der Waals surface area (Å²) in [5, 5.41) is 2.64. The van der Waals surface area contributed by atoms with E-state index < -0.39 is 0 Å². The monoisotopic (exact) mass is 368 g/mol. The van der Waals surface area contributed by atoms with Gasteiger partial charge in [-0.3, -0.25) is 0 Å². The maximum Gasteiger partial charge on any atom is 0.172 e. The molecule has 0 saturated carbocycles. The van der Waals surface area contributed by atoms with E-state index in [1.54, 1.807) is 14.2 Å². The molecule has 4 nitrogen and oxygen atoms in total. The molecule has 26 heavy (non-hydrogen) atoms. The summed E-state index contributed by atoms with van der Waals surface area (Å²) in [7, 11) is 3.34. The van der Waals surface area contributed by atoms with E-state index in [1.165, 1.54) is 0 Å². The summed E-state index contributed by atoms with van der Waals surface area (Å²) in [5.74, 6) is 3.09. The molecule has 0 radical (unpaired) electrons. The van der Waals surface area contributed by atoms with Crippen LogP contribution in [-0.2, 0) is 0 Å². The van der Waals surface area contributed by atoms with Crippen LogP contribution >= 0.6 is 11.6 Å². The van der Waals surface area contributed by atoms with Crippen molar-refractivity contribution in [2.24, 2.45) is 0 Å². The number of methoxy groups -OCH3 is 2. The van der Waals surface area contributed by atoms with Crippen LogP contribution in [0.3, 0.4) is 0 Å². The first-order valence-electron chi connectivity index (χ1n) is 8.48. The molecule has 2 heterocycles. The minimum absolute atomic E-state index is 0.0657. The number of halogens is 1. The molecule has 0 bridgehead atoms. The highest BCUT2D eigenvalue weighted by Crippen LogP contribution is 2.58. The Kier molecular flexibility index (Phi) is 3.44. The van der Waals surface area contributed by atoms with Crippen LogP contribution < -0.4 is 18.9 Å². The number of hydrogen-bond donors (Lipinski definition) is 0. The van der Waals surface area contributed by atoms with Crippen molar-refractivity contribution < 1.29 is 18.9 Å². The summed E-state index contributed by atoms with van der Waals surface area (Å²) in [6.45, 7) is 0.503. The average molecular weight is 369 g/mol. The Labute approximate surface area is 156 Å². The summed E-state index contributed by atoms with van der Waals surface area (Å²) in [6, 6.07) is 13.7. The van der Waals surface area contributed by atoms with Gasteiger partial charge in [0.05, 0.1) is 32.3 Å². The molecule has 2 aliphatic heterocycles. The highest BCUT2D eigenvalue weighted by molar-refractivity contribution is 6.30. The lowest BCUT2D eigenvalue weighted by Gasteiger charge is -2.31. The molecule has 0 aromatic heterocycles. The number of fused-ring (bicyclic) bond motifs is 6. The molecule has 0 amide bonds. The number of benzene rings is 3.